The van der Waals surface area contributed by atoms with Crippen LogP contribution >= 0.6 is 0 Å². The summed E-state index contributed by atoms with van der Waals surface area (Å²) < 4.78 is 16.8. The quantitative estimate of drug-likeness (QED) is 0.0261. The van der Waals surface area contributed by atoms with Gasteiger partial charge in [0, 0.05) is 19.3 Å². The summed E-state index contributed by atoms with van der Waals surface area (Å²) in [5.41, 5.74) is 0. The number of ether oxygens (including phenoxy) is 3. The monoisotopic (exact) mass is 1120 g/mol. The number of esters is 3. The van der Waals surface area contributed by atoms with Crippen LogP contribution in [0.5, 0.6) is 0 Å². The van der Waals surface area contributed by atoms with E-state index in [1.165, 1.54) is 103 Å². The molecule has 0 amide bonds. The molecule has 0 aromatic rings. The number of rotatable bonds is 59. The molecule has 0 spiro atoms. The van der Waals surface area contributed by atoms with E-state index in [-0.39, 0.29) is 31.1 Å². The third-order valence-electron chi connectivity index (χ3n) is 13.8. The van der Waals surface area contributed by atoms with Gasteiger partial charge in [-0.15, -0.1) is 0 Å². The van der Waals surface area contributed by atoms with Gasteiger partial charge in [0.25, 0.3) is 0 Å². The van der Waals surface area contributed by atoms with Gasteiger partial charge in [0.2, 0.25) is 0 Å². The van der Waals surface area contributed by atoms with Crippen molar-refractivity contribution in [3.05, 3.63) is 146 Å². The predicted molar refractivity (Wildman–Crippen MR) is 352 cm³/mol. The fraction of sp³-hybridized carbons (Fsp3) is 0.640. The smallest absolute Gasteiger partial charge is 0.306 e. The van der Waals surface area contributed by atoms with Gasteiger partial charge < -0.3 is 14.2 Å². The average molecular weight is 1120 g/mol. The Kier molecular flexibility index (Phi) is 63.9. The first-order valence-corrected chi connectivity index (χ1v) is 33.3. The largest absolute Gasteiger partial charge is 0.462 e. The molecule has 6 nitrogen and oxygen atoms in total. The molecule has 0 aliphatic heterocycles. The van der Waals surface area contributed by atoms with Crippen molar-refractivity contribution in [1.29, 1.82) is 0 Å². The van der Waals surface area contributed by atoms with Crippen molar-refractivity contribution < 1.29 is 28.6 Å². The molecular weight excluding hydrogens is 997 g/mol. The molecule has 6 heteroatoms. The van der Waals surface area contributed by atoms with Crippen LogP contribution in [0.4, 0.5) is 0 Å². The summed E-state index contributed by atoms with van der Waals surface area (Å²) in [5, 5.41) is 0. The Morgan fingerprint density at radius 2 is 0.481 bits per heavy atom. The number of unbranched alkanes of at least 4 members (excludes halogenated alkanes) is 24. The molecule has 458 valence electrons. The lowest BCUT2D eigenvalue weighted by Crippen LogP contribution is -2.30. The Labute approximate surface area is 499 Å². The highest BCUT2D eigenvalue weighted by Gasteiger charge is 2.19. The third-order valence-corrected chi connectivity index (χ3v) is 13.8. The zero-order valence-corrected chi connectivity index (χ0v) is 52.5. The normalized spacial score (nSPS) is 13.1. The summed E-state index contributed by atoms with van der Waals surface area (Å²) in [6.45, 7) is 6.36. The van der Waals surface area contributed by atoms with Crippen LogP contribution in [0.25, 0.3) is 0 Å². The SMILES string of the molecule is CC/C=C\C/C=C\C/C=C\C/C=C\C/C=C\C/C=C\CCCCCCCCCCCCCCC(=O)OCC(COC(=O)CCCCCCCCC)OC(=O)CCCCCCCC/C=C\C/C=C\C/C=C\C/C=C\C/C=C\C/C=C\CC. The van der Waals surface area contributed by atoms with E-state index in [0.29, 0.717) is 19.3 Å². The lowest BCUT2D eigenvalue weighted by molar-refractivity contribution is -0.167. The van der Waals surface area contributed by atoms with Crippen LogP contribution in [0.2, 0.25) is 0 Å². The highest BCUT2D eigenvalue weighted by molar-refractivity contribution is 5.71. The Bertz CT molecular complexity index is 1760. The number of hydrogen-bond acceptors (Lipinski definition) is 6. The second-order valence-corrected chi connectivity index (χ2v) is 21.6. The van der Waals surface area contributed by atoms with Gasteiger partial charge in [-0.05, 0) is 122 Å². The van der Waals surface area contributed by atoms with Crippen LogP contribution < -0.4 is 0 Å². The Balaban J connectivity index is 4.17. The highest BCUT2D eigenvalue weighted by atomic mass is 16.6. The molecule has 0 heterocycles. The first kappa shape index (κ1) is 76.3. The molecule has 0 N–H and O–H groups in total. The van der Waals surface area contributed by atoms with Crippen molar-refractivity contribution in [2.24, 2.45) is 0 Å². The van der Waals surface area contributed by atoms with Crippen LogP contribution in [0, 0.1) is 0 Å². The maximum absolute atomic E-state index is 12.9. The fourth-order valence-corrected chi connectivity index (χ4v) is 8.92. The third kappa shape index (κ3) is 66.0. The molecule has 0 bridgehead atoms. The van der Waals surface area contributed by atoms with Gasteiger partial charge in [0.1, 0.15) is 13.2 Å². The lowest BCUT2D eigenvalue weighted by atomic mass is 10.0. The van der Waals surface area contributed by atoms with Gasteiger partial charge in [0.15, 0.2) is 6.10 Å². The van der Waals surface area contributed by atoms with E-state index in [0.717, 1.165) is 148 Å². The summed E-state index contributed by atoms with van der Waals surface area (Å²) in [7, 11) is 0. The number of hydrogen-bond donors (Lipinski definition) is 0. The van der Waals surface area contributed by atoms with E-state index in [9.17, 15) is 14.4 Å². The van der Waals surface area contributed by atoms with Crippen molar-refractivity contribution in [2.75, 3.05) is 13.2 Å². The molecule has 1 unspecified atom stereocenters. The zero-order valence-electron chi connectivity index (χ0n) is 52.5. The molecule has 0 fully saturated rings. The van der Waals surface area contributed by atoms with Gasteiger partial charge >= 0.3 is 17.9 Å². The van der Waals surface area contributed by atoms with Gasteiger partial charge in [0.05, 0.1) is 0 Å². The molecule has 0 aromatic carbocycles. The Morgan fingerprint density at radius 1 is 0.259 bits per heavy atom. The molecule has 0 aliphatic rings. The first-order chi connectivity index (χ1) is 40.0. The summed E-state index contributed by atoms with van der Waals surface area (Å²) in [6.07, 6.45) is 97.4. The fourth-order valence-electron chi connectivity index (χ4n) is 8.92. The van der Waals surface area contributed by atoms with Crippen LogP contribution in [0.1, 0.15) is 290 Å². The minimum atomic E-state index is -0.790. The molecular formula is C75H122O6. The van der Waals surface area contributed by atoms with Gasteiger partial charge in [-0.2, -0.15) is 0 Å². The maximum Gasteiger partial charge on any atom is 0.306 e. The van der Waals surface area contributed by atoms with E-state index in [1.54, 1.807) is 0 Å². The molecule has 1 atom stereocenters. The molecule has 0 rings (SSSR count). The molecule has 0 saturated heterocycles. The lowest BCUT2D eigenvalue weighted by Gasteiger charge is -2.18. The van der Waals surface area contributed by atoms with Crippen molar-refractivity contribution in [2.45, 2.75) is 297 Å². The number of allylic oxidation sites excluding steroid dienone is 24. The summed E-state index contributed by atoms with van der Waals surface area (Å²) in [4.78, 5) is 38.1. The standard InChI is InChI=1S/C75H122O6/c1-4-7-10-13-16-18-20-22-24-26-28-30-32-34-35-36-37-38-39-41-42-44-46-48-50-52-54-56-59-62-65-68-74(77)80-71-72(70-79-73(76)67-64-61-58-15-12-9-6-3)81-75(78)69-66-63-60-57-55-53-51-49-47-45-43-40-33-31-29-27-25-23-21-19-17-14-11-8-5-2/h7-8,10-11,16-19,22-25,28-31,34-35,37-38,40,43,47,49,72H,4-6,9,12-15,20-21,26-27,32-33,36,39,41-42,44-46,48,50-71H2,1-3H3/b10-7-,11-8-,18-16-,19-17-,24-22-,25-23-,30-28-,31-29-,35-34-,38-37-,43-40-,49-47-. The van der Waals surface area contributed by atoms with Crippen LogP contribution in [-0.4, -0.2) is 37.2 Å². The second-order valence-electron chi connectivity index (χ2n) is 21.6. The van der Waals surface area contributed by atoms with Crippen molar-refractivity contribution in [3.8, 4) is 0 Å². The number of carbonyl (C=O) groups excluding carboxylic acids is 3. The van der Waals surface area contributed by atoms with Crippen molar-refractivity contribution >= 4 is 17.9 Å². The summed E-state index contributed by atoms with van der Waals surface area (Å²) >= 11 is 0. The molecule has 0 radical (unpaired) electrons. The average Bonchev–Trinajstić information content (AvgIpc) is 3.46. The summed E-state index contributed by atoms with van der Waals surface area (Å²) in [6, 6.07) is 0. The maximum atomic E-state index is 12.9. The van der Waals surface area contributed by atoms with Crippen molar-refractivity contribution in [3.63, 3.8) is 0 Å². The van der Waals surface area contributed by atoms with Crippen LogP contribution in [0.15, 0.2) is 146 Å². The van der Waals surface area contributed by atoms with E-state index >= 15 is 0 Å². The van der Waals surface area contributed by atoms with E-state index in [4.69, 9.17) is 14.2 Å². The Morgan fingerprint density at radius 3 is 0.753 bits per heavy atom. The second kappa shape index (κ2) is 67.8. The van der Waals surface area contributed by atoms with Crippen LogP contribution in [0.3, 0.4) is 0 Å². The van der Waals surface area contributed by atoms with Crippen molar-refractivity contribution in [1.82, 2.24) is 0 Å². The molecule has 0 aromatic heterocycles. The van der Waals surface area contributed by atoms with Gasteiger partial charge in [-0.1, -0.05) is 295 Å². The minimum absolute atomic E-state index is 0.0871. The van der Waals surface area contributed by atoms with E-state index in [1.807, 2.05) is 0 Å². The Hall–Kier alpha value is -4.71. The zero-order chi connectivity index (χ0) is 58.5. The minimum Gasteiger partial charge on any atom is -0.462 e. The highest BCUT2D eigenvalue weighted by Crippen LogP contribution is 2.16. The molecule has 81 heavy (non-hydrogen) atoms. The van der Waals surface area contributed by atoms with Crippen LogP contribution in [-0.2, 0) is 28.6 Å². The number of carbonyl (C=O) groups is 3. The molecule has 0 aliphatic carbocycles. The topological polar surface area (TPSA) is 78.9 Å². The molecule has 0 saturated carbocycles. The van der Waals surface area contributed by atoms with E-state index < -0.39 is 6.10 Å². The van der Waals surface area contributed by atoms with E-state index in [2.05, 4.69) is 167 Å². The predicted octanol–water partition coefficient (Wildman–Crippen LogP) is 23.1. The first-order valence-electron chi connectivity index (χ1n) is 33.3. The van der Waals surface area contributed by atoms with Gasteiger partial charge in [-0.25, -0.2) is 0 Å². The van der Waals surface area contributed by atoms with Gasteiger partial charge in [-0.3, -0.25) is 14.4 Å². The summed E-state index contributed by atoms with van der Waals surface area (Å²) in [5.74, 6) is -0.909.